The normalized spacial score (nSPS) is 32.4. The quantitative estimate of drug-likeness (QED) is 0.931. The number of likely N-dealkylation sites (tertiary alicyclic amines) is 1. The Morgan fingerprint density at radius 1 is 1.35 bits per heavy atom. The molecule has 1 saturated carbocycles. The van der Waals surface area contributed by atoms with Crippen LogP contribution in [0.4, 0.5) is 0 Å². The first-order valence-electron chi connectivity index (χ1n) is 8.94. The van der Waals surface area contributed by atoms with Gasteiger partial charge in [0.25, 0.3) is 0 Å². The van der Waals surface area contributed by atoms with E-state index in [9.17, 15) is 10.4 Å². The van der Waals surface area contributed by atoms with Gasteiger partial charge in [-0.3, -0.25) is 9.88 Å². The largest absolute Gasteiger partial charge is 0.393 e. The molecular formula is C19H27N3O. The molecule has 1 aliphatic heterocycles. The van der Waals surface area contributed by atoms with Gasteiger partial charge in [0.15, 0.2) is 0 Å². The first-order chi connectivity index (χ1) is 11.2. The van der Waals surface area contributed by atoms with Gasteiger partial charge in [-0.05, 0) is 56.2 Å². The van der Waals surface area contributed by atoms with E-state index >= 15 is 0 Å². The molecule has 0 amide bonds. The van der Waals surface area contributed by atoms with Crippen LogP contribution in [0, 0.1) is 23.2 Å². The Balaban J connectivity index is 1.77. The molecule has 3 rings (SSSR count). The molecule has 4 atom stereocenters. The lowest BCUT2D eigenvalue weighted by molar-refractivity contribution is -0.0204. The van der Waals surface area contributed by atoms with Crippen LogP contribution in [0.15, 0.2) is 18.5 Å². The summed E-state index contributed by atoms with van der Waals surface area (Å²) in [5.74, 6) is 1.09. The number of rotatable bonds is 3. The molecule has 23 heavy (non-hydrogen) atoms. The molecule has 1 aromatic heterocycles. The molecule has 1 aromatic rings. The third-order valence-electron chi connectivity index (χ3n) is 5.69. The molecule has 1 N–H and O–H groups in total. The Hall–Kier alpha value is -1.44. The Morgan fingerprint density at radius 3 is 3.04 bits per heavy atom. The highest BCUT2D eigenvalue weighted by Gasteiger charge is 2.37. The van der Waals surface area contributed by atoms with Gasteiger partial charge in [-0.2, -0.15) is 5.26 Å². The van der Waals surface area contributed by atoms with Crippen LogP contribution in [0.3, 0.4) is 0 Å². The zero-order valence-corrected chi connectivity index (χ0v) is 14.0. The van der Waals surface area contributed by atoms with Crippen molar-refractivity contribution in [3.8, 4) is 6.07 Å². The minimum absolute atomic E-state index is 0.162. The third kappa shape index (κ3) is 3.73. The van der Waals surface area contributed by atoms with Crippen molar-refractivity contribution in [2.75, 3.05) is 6.54 Å². The fraction of sp³-hybridized carbons (Fsp3) is 0.684. The van der Waals surface area contributed by atoms with Crippen molar-refractivity contribution in [1.82, 2.24) is 9.88 Å². The molecule has 2 aliphatic rings. The molecule has 0 bridgehead atoms. The third-order valence-corrected chi connectivity index (χ3v) is 5.69. The second kappa shape index (κ2) is 7.42. The van der Waals surface area contributed by atoms with E-state index in [2.05, 4.69) is 22.9 Å². The van der Waals surface area contributed by atoms with Gasteiger partial charge < -0.3 is 5.11 Å². The summed E-state index contributed by atoms with van der Waals surface area (Å²) in [4.78, 5) is 6.56. The highest BCUT2D eigenvalue weighted by molar-refractivity contribution is 5.34. The Labute approximate surface area is 139 Å². The lowest BCUT2D eigenvalue weighted by Gasteiger charge is -2.45. The van der Waals surface area contributed by atoms with E-state index < -0.39 is 0 Å². The number of hydrogen-bond acceptors (Lipinski definition) is 4. The van der Waals surface area contributed by atoms with Gasteiger partial charge in [-0.15, -0.1) is 0 Å². The molecule has 0 spiro atoms. The number of aliphatic hydroxyl groups is 1. The van der Waals surface area contributed by atoms with Crippen LogP contribution in [0.25, 0.3) is 0 Å². The second-order valence-electron chi connectivity index (χ2n) is 7.33. The van der Waals surface area contributed by atoms with Crippen molar-refractivity contribution in [2.24, 2.45) is 11.8 Å². The molecular weight excluding hydrogens is 286 g/mol. The molecule has 1 saturated heterocycles. The summed E-state index contributed by atoms with van der Waals surface area (Å²) in [5.41, 5.74) is 1.74. The predicted molar refractivity (Wildman–Crippen MR) is 89.5 cm³/mol. The maximum atomic E-state index is 10.5. The van der Waals surface area contributed by atoms with Crippen molar-refractivity contribution in [2.45, 2.75) is 64.1 Å². The molecule has 0 aromatic carbocycles. The number of hydrogen-bond donors (Lipinski definition) is 1. The summed E-state index contributed by atoms with van der Waals surface area (Å²) >= 11 is 0. The van der Waals surface area contributed by atoms with Crippen LogP contribution >= 0.6 is 0 Å². The number of piperidine rings is 1. The van der Waals surface area contributed by atoms with E-state index in [1.54, 1.807) is 12.4 Å². The minimum atomic E-state index is -0.162. The van der Waals surface area contributed by atoms with Crippen molar-refractivity contribution < 1.29 is 5.11 Å². The second-order valence-corrected chi connectivity index (χ2v) is 7.33. The Morgan fingerprint density at radius 2 is 2.22 bits per heavy atom. The Kier molecular flexibility index (Phi) is 5.30. The Bertz CT molecular complexity index is 568. The summed E-state index contributed by atoms with van der Waals surface area (Å²) in [5, 5.41) is 19.8. The van der Waals surface area contributed by atoms with Gasteiger partial charge in [0, 0.05) is 30.9 Å². The first-order valence-corrected chi connectivity index (χ1v) is 8.94. The van der Waals surface area contributed by atoms with Gasteiger partial charge in [0.05, 0.1) is 11.7 Å². The van der Waals surface area contributed by atoms with E-state index in [1.807, 2.05) is 6.07 Å². The lowest BCUT2D eigenvalue weighted by Crippen LogP contribution is -2.49. The maximum absolute atomic E-state index is 10.5. The van der Waals surface area contributed by atoms with Crippen LogP contribution in [-0.2, 0) is 6.54 Å². The number of nitriles is 1. The number of pyridine rings is 1. The molecule has 4 heteroatoms. The molecule has 1 aliphatic carbocycles. The van der Waals surface area contributed by atoms with E-state index in [0.717, 1.165) is 37.9 Å². The van der Waals surface area contributed by atoms with Crippen LogP contribution in [0.2, 0.25) is 0 Å². The van der Waals surface area contributed by atoms with E-state index in [1.165, 1.54) is 19.3 Å². The van der Waals surface area contributed by atoms with Gasteiger partial charge in [0.1, 0.15) is 6.07 Å². The molecule has 124 valence electrons. The topological polar surface area (TPSA) is 60.1 Å². The molecule has 2 fully saturated rings. The highest BCUT2D eigenvalue weighted by atomic mass is 16.3. The zero-order chi connectivity index (χ0) is 16.2. The SMILES string of the molecule is CC1CCC(O)C(C2CCCCN2Cc2ccncc2C#N)C1. The van der Waals surface area contributed by atoms with E-state index in [-0.39, 0.29) is 6.10 Å². The molecule has 0 radical (unpaired) electrons. The van der Waals surface area contributed by atoms with Gasteiger partial charge in [-0.1, -0.05) is 13.3 Å². The number of nitrogens with zero attached hydrogens (tertiary/aromatic N) is 3. The zero-order valence-electron chi connectivity index (χ0n) is 14.0. The highest BCUT2D eigenvalue weighted by Crippen LogP contribution is 2.37. The number of aromatic nitrogens is 1. The lowest BCUT2D eigenvalue weighted by atomic mass is 9.74. The van der Waals surface area contributed by atoms with Crippen LogP contribution in [-0.4, -0.2) is 33.7 Å². The predicted octanol–water partition coefficient (Wildman–Crippen LogP) is 3.10. The summed E-state index contributed by atoms with van der Waals surface area (Å²) in [6, 6.07) is 4.66. The van der Waals surface area contributed by atoms with Crippen molar-refractivity contribution in [3.05, 3.63) is 29.6 Å². The summed E-state index contributed by atoms with van der Waals surface area (Å²) in [6.45, 7) is 4.17. The van der Waals surface area contributed by atoms with E-state index in [4.69, 9.17) is 0 Å². The van der Waals surface area contributed by atoms with Crippen LogP contribution in [0.1, 0.15) is 56.6 Å². The average Bonchev–Trinajstić information content (AvgIpc) is 2.58. The average molecular weight is 313 g/mol. The van der Waals surface area contributed by atoms with Crippen LogP contribution < -0.4 is 0 Å². The fourth-order valence-electron chi connectivity index (χ4n) is 4.40. The fourth-order valence-corrected chi connectivity index (χ4v) is 4.40. The number of aliphatic hydroxyl groups excluding tert-OH is 1. The maximum Gasteiger partial charge on any atom is 0.101 e. The first kappa shape index (κ1) is 16.4. The van der Waals surface area contributed by atoms with Crippen LogP contribution in [0.5, 0.6) is 0 Å². The van der Waals surface area contributed by atoms with Crippen molar-refractivity contribution in [3.63, 3.8) is 0 Å². The smallest absolute Gasteiger partial charge is 0.101 e. The van der Waals surface area contributed by atoms with E-state index in [0.29, 0.717) is 23.4 Å². The van der Waals surface area contributed by atoms with Gasteiger partial charge in [0.2, 0.25) is 0 Å². The van der Waals surface area contributed by atoms with Crippen molar-refractivity contribution >= 4 is 0 Å². The molecule has 4 nitrogen and oxygen atoms in total. The van der Waals surface area contributed by atoms with Gasteiger partial charge in [-0.25, -0.2) is 0 Å². The summed E-state index contributed by atoms with van der Waals surface area (Å²) in [7, 11) is 0. The van der Waals surface area contributed by atoms with Gasteiger partial charge >= 0.3 is 0 Å². The minimum Gasteiger partial charge on any atom is -0.393 e. The monoisotopic (exact) mass is 313 g/mol. The van der Waals surface area contributed by atoms with Crippen molar-refractivity contribution in [1.29, 1.82) is 5.26 Å². The standard InChI is InChI=1S/C19H27N3O/c1-14-5-6-19(23)17(10-14)18-4-2-3-9-22(18)13-15-7-8-21-12-16(15)11-20/h7-8,12,14,17-19,23H,2-6,9-10,13H2,1H3. The molecule has 4 unspecified atom stereocenters. The summed E-state index contributed by atoms with van der Waals surface area (Å²) in [6.07, 6.45) is 10.1. The summed E-state index contributed by atoms with van der Waals surface area (Å²) < 4.78 is 0. The molecule has 2 heterocycles.